The Labute approximate surface area is 146 Å². The molecule has 0 saturated heterocycles. The van der Waals surface area contributed by atoms with Gasteiger partial charge in [0.2, 0.25) is 5.91 Å². The highest BCUT2D eigenvalue weighted by Crippen LogP contribution is 2.35. The molecular weight excluding hydrogens is 361 g/mol. The number of alkyl halides is 3. The van der Waals surface area contributed by atoms with Crippen LogP contribution in [-0.4, -0.2) is 16.1 Å². The first-order valence-corrected chi connectivity index (χ1v) is 8.20. The topological polar surface area (TPSA) is 42.0 Å². The zero-order valence-corrected chi connectivity index (χ0v) is 14.4. The third-order valence-electron chi connectivity index (χ3n) is 3.20. The number of hydrogen-bond donors (Lipinski definition) is 1. The van der Waals surface area contributed by atoms with Gasteiger partial charge in [0.15, 0.2) is 0 Å². The van der Waals surface area contributed by atoms with E-state index in [0.29, 0.717) is 11.9 Å². The molecule has 1 heterocycles. The van der Waals surface area contributed by atoms with Crippen LogP contribution in [0.25, 0.3) is 0 Å². The summed E-state index contributed by atoms with van der Waals surface area (Å²) >= 11 is 6.85. The van der Waals surface area contributed by atoms with Gasteiger partial charge in [-0.3, -0.25) is 4.79 Å². The molecule has 1 atom stereocenters. The highest BCUT2D eigenvalue weighted by molar-refractivity contribution is 8.00. The zero-order chi connectivity index (χ0) is 17.9. The summed E-state index contributed by atoms with van der Waals surface area (Å²) in [6, 6.07) is 8.10. The van der Waals surface area contributed by atoms with E-state index in [1.807, 2.05) is 19.1 Å². The summed E-state index contributed by atoms with van der Waals surface area (Å²) < 4.78 is 37.8. The van der Waals surface area contributed by atoms with E-state index in [2.05, 4.69) is 10.3 Å². The smallest absolute Gasteiger partial charge is 0.325 e. The molecule has 2 rings (SSSR count). The van der Waals surface area contributed by atoms with Crippen molar-refractivity contribution in [1.29, 1.82) is 0 Å². The SMILES string of the molecule is Cc1ccccc1NC(=O)[C@H](C)Sc1ncc(C(F)(F)F)cc1Cl. The van der Waals surface area contributed by atoms with Gasteiger partial charge >= 0.3 is 6.18 Å². The zero-order valence-electron chi connectivity index (χ0n) is 12.8. The first kappa shape index (κ1) is 18.6. The monoisotopic (exact) mass is 374 g/mol. The molecule has 0 fully saturated rings. The van der Waals surface area contributed by atoms with E-state index in [1.54, 1.807) is 19.1 Å². The predicted molar refractivity (Wildman–Crippen MR) is 89.4 cm³/mol. The van der Waals surface area contributed by atoms with Crippen molar-refractivity contribution in [2.45, 2.75) is 30.3 Å². The highest BCUT2D eigenvalue weighted by atomic mass is 35.5. The van der Waals surface area contributed by atoms with Gasteiger partial charge in [-0.05, 0) is 31.5 Å². The number of para-hydroxylation sites is 1. The molecule has 0 radical (unpaired) electrons. The molecule has 0 aliphatic heterocycles. The first-order valence-electron chi connectivity index (χ1n) is 6.94. The number of anilines is 1. The van der Waals surface area contributed by atoms with Crippen LogP contribution in [0, 0.1) is 6.92 Å². The molecule has 1 N–H and O–H groups in total. The third-order valence-corrected chi connectivity index (χ3v) is 4.71. The van der Waals surface area contributed by atoms with Gasteiger partial charge < -0.3 is 5.32 Å². The second-order valence-electron chi connectivity index (χ2n) is 5.07. The van der Waals surface area contributed by atoms with Crippen LogP contribution in [0.15, 0.2) is 41.6 Å². The molecule has 128 valence electrons. The number of rotatable bonds is 4. The number of nitrogens with zero attached hydrogens (tertiary/aromatic N) is 1. The van der Waals surface area contributed by atoms with Crippen molar-refractivity contribution in [1.82, 2.24) is 4.98 Å². The van der Waals surface area contributed by atoms with Gasteiger partial charge in [-0.25, -0.2) is 4.98 Å². The molecule has 0 spiro atoms. The number of carbonyl (C=O) groups is 1. The fourth-order valence-electron chi connectivity index (χ4n) is 1.84. The Morgan fingerprint density at radius 1 is 1.33 bits per heavy atom. The minimum absolute atomic E-state index is 0.134. The van der Waals surface area contributed by atoms with Crippen LogP contribution in [-0.2, 0) is 11.0 Å². The van der Waals surface area contributed by atoms with E-state index in [0.717, 1.165) is 23.4 Å². The van der Waals surface area contributed by atoms with Crippen molar-refractivity contribution in [3.8, 4) is 0 Å². The molecule has 0 aliphatic rings. The Morgan fingerprint density at radius 3 is 2.58 bits per heavy atom. The Kier molecular flexibility index (Phi) is 5.77. The molecular formula is C16H14ClF3N2OS. The highest BCUT2D eigenvalue weighted by Gasteiger charge is 2.32. The fourth-order valence-corrected chi connectivity index (χ4v) is 2.92. The van der Waals surface area contributed by atoms with Crippen LogP contribution in [0.5, 0.6) is 0 Å². The Balaban J connectivity index is 2.08. The fraction of sp³-hybridized carbons (Fsp3) is 0.250. The van der Waals surface area contributed by atoms with Crippen molar-refractivity contribution in [3.05, 3.63) is 52.7 Å². The first-order chi connectivity index (χ1) is 11.2. The van der Waals surface area contributed by atoms with Crippen molar-refractivity contribution in [2.75, 3.05) is 5.32 Å². The molecule has 0 unspecified atom stereocenters. The van der Waals surface area contributed by atoms with Crippen LogP contribution < -0.4 is 5.32 Å². The van der Waals surface area contributed by atoms with Crippen LogP contribution in [0.1, 0.15) is 18.1 Å². The van der Waals surface area contributed by atoms with E-state index in [-0.39, 0.29) is 16.0 Å². The lowest BCUT2D eigenvalue weighted by atomic mass is 10.2. The normalized spacial score (nSPS) is 12.8. The van der Waals surface area contributed by atoms with Crippen LogP contribution in [0.3, 0.4) is 0 Å². The number of aromatic nitrogens is 1. The van der Waals surface area contributed by atoms with Crippen molar-refractivity contribution < 1.29 is 18.0 Å². The van der Waals surface area contributed by atoms with E-state index in [1.165, 1.54) is 0 Å². The maximum Gasteiger partial charge on any atom is 0.417 e. The van der Waals surface area contributed by atoms with Gasteiger partial charge in [0.1, 0.15) is 5.03 Å². The summed E-state index contributed by atoms with van der Waals surface area (Å²) in [6.07, 6.45) is -3.80. The number of nitrogens with one attached hydrogen (secondary N) is 1. The molecule has 8 heteroatoms. The Hall–Kier alpha value is -1.73. The molecule has 3 nitrogen and oxygen atoms in total. The van der Waals surface area contributed by atoms with E-state index in [4.69, 9.17) is 11.6 Å². The summed E-state index contributed by atoms with van der Waals surface area (Å²) in [5, 5.41) is 2.24. The molecule has 0 aliphatic carbocycles. The van der Waals surface area contributed by atoms with Crippen molar-refractivity contribution in [2.24, 2.45) is 0 Å². The predicted octanol–water partition coefficient (Wildman–Crippen LogP) is 5.18. The summed E-state index contributed by atoms with van der Waals surface area (Å²) in [7, 11) is 0. The van der Waals surface area contributed by atoms with Crippen LogP contribution in [0.4, 0.5) is 18.9 Å². The average Bonchev–Trinajstić information content (AvgIpc) is 2.50. The lowest BCUT2D eigenvalue weighted by Crippen LogP contribution is -2.23. The number of hydrogen-bond acceptors (Lipinski definition) is 3. The Bertz CT molecular complexity index is 752. The van der Waals surface area contributed by atoms with Gasteiger partial charge in [-0.1, -0.05) is 41.6 Å². The number of aryl methyl sites for hydroxylation is 1. The second kappa shape index (κ2) is 7.44. The van der Waals surface area contributed by atoms with E-state index in [9.17, 15) is 18.0 Å². The van der Waals surface area contributed by atoms with Gasteiger partial charge in [0.25, 0.3) is 0 Å². The minimum Gasteiger partial charge on any atom is -0.325 e. The van der Waals surface area contributed by atoms with E-state index < -0.39 is 17.0 Å². The minimum atomic E-state index is -4.51. The van der Waals surface area contributed by atoms with Crippen molar-refractivity contribution in [3.63, 3.8) is 0 Å². The maximum atomic E-state index is 12.6. The van der Waals surface area contributed by atoms with Gasteiger partial charge in [-0.15, -0.1) is 0 Å². The average molecular weight is 375 g/mol. The molecule has 1 amide bonds. The summed E-state index contributed by atoms with van der Waals surface area (Å²) in [4.78, 5) is 15.9. The largest absolute Gasteiger partial charge is 0.417 e. The molecule has 0 saturated carbocycles. The van der Waals surface area contributed by atoms with Gasteiger partial charge in [0.05, 0.1) is 15.8 Å². The van der Waals surface area contributed by atoms with Crippen LogP contribution >= 0.6 is 23.4 Å². The standard InChI is InChI=1S/C16H14ClF3N2OS/c1-9-5-3-4-6-13(9)22-14(23)10(2)24-15-12(17)7-11(8-21-15)16(18,19)20/h3-8,10H,1-2H3,(H,22,23)/t10-/m0/s1. The summed E-state index contributed by atoms with van der Waals surface area (Å²) in [5.74, 6) is -0.285. The van der Waals surface area contributed by atoms with Gasteiger partial charge in [0, 0.05) is 11.9 Å². The molecule has 24 heavy (non-hydrogen) atoms. The van der Waals surface area contributed by atoms with Gasteiger partial charge in [-0.2, -0.15) is 13.2 Å². The lowest BCUT2D eigenvalue weighted by molar-refractivity contribution is -0.137. The third kappa shape index (κ3) is 4.64. The molecule has 1 aromatic heterocycles. The molecule has 2 aromatic rings. The number of halogens is 4. The number of pyridine rings is 1. The number of thioether (sulfide) groups is 1. The molecule has 0 bridgehead atoms. The number of benzene rings is 1. The maximum absolute atomic E-state index is 12.6. The number of amides is 1. The summed E-state index contributed by atoms with van der Waals surface area (Å²) in [6.45, 7) is 3.50. The Morgan fingerprint density at radius 2 is 2.00 bits per heavy atom. The quantitative estimate of drug-likeness (QED) is 0.749. The van der Waals surface area contributed by atoms with Crippen LogP contribution in [0.2, 0.25) is 5.02 Å². The molecule has 1 aromatic carbocycles. The van der Waals surface area contributed by atoms with E-state index >= 15 is 0 Å². The lowest BCUT2D eigenvalue weighted by Gasteiger charge is -2.14. The number of carbonyl (C=O) groups excluding carboxylic acids is 1. The summed E-state index contributed by atoms with van der Waals surface area (Å²) in [5.41, 5.74) is 0.670. The van der Waals surface area contributed by atoms with Crippen molar-refractivity contribution >= 4 is 35.0 Å². The second-order valence-corrected chi connectivity index (χ2v) is 6.81.